The van der Waals surface area contributed by atoms with Gasteiger partial charge in [0.25, 0.3) is 0 Å². The molecule has 1 aliphatic rings. The zero-order valence-corrected chi connectivity index (χ0v) is 31.2. The van der Waals surface area contributed by atoms with Crippen LogP contribution in [0.25, 0.3) is 0 Å². The van der Waals surface area contributed by atoms with E-state index < -0.39 is 0 Å². The number of halogens is 9. The number of hydrogen-bond acceptors (Lipinski definition) is 1. The molecule has 0 heterocycles. The first-order valence-electron chi connectivity index (χ1n) is 5.15. The van der Waals surface area contributed by atoms with Crippen LogP contribution in [0.5, 0.6) is 0 Å². The normalized spacial score (nSPS) is 13.9. The van der Waals surface area contributed by atoms with Crippen molar-refractivity contribution >= 4 is 203 Å². The van der Waals surface area contributed by atoms with E-state index in [1.54, 1.807) is 6.92 Å². The predicted molar refractivity (Wildman–Crippen MR) is 168 cm³/mol. The fourth-order valence-corrected chi connectivity index (χ4v) is 11.0. The maximum atomic E-state index is 11.2. The maximum absolute atomic E-state index is 11.2. The van der Waals surface area contributed by atoms with Crippen molar-refractivity contribution in [3.8, 4) is 0 Å². The van der Waals surface area contributed by atoms with E-state index >= 15 is 0 Å². The summed E-state index contributed by atoms with van der Waals surface area (Å²) in [6, 6.07) is 0. The summed E-state index contributed by atoms with van der Waals surface area (Å²) in [7, 11) is 0. The van der Waals surface area contributed by atoms with Gasteiger partial charge in [0.1, 0.15) is 0 Å². The molecule has 1 aromatic carbocycles. The monoisotopic (exact) mass is 1360 g/mol. The van der Waals surface area contributed by atoms with Gasteiger partial charge in [0.2, 0.25) is 0 Å². The van der Waals surface area contributed by atoms with Crippen LogP contribution in [0.3, 0.4) is 0 Å². The molecular weight excluding hydrogens is 1360 g/mol. The second-order valence-corrected chi connectivity index (χ2v) is 13.5. The average molecular weight is 1360 g/mol. The molecule has 1 aromatic rings. The summed E-state index contributed by atoms with van der Waals surface area (Å²) in [5, 5.41) is 11.2. The van der Waals surface area contributed by atoms with Crippen LogP contribution in [0.2, 0.25) is 0 Å². The standard InChI is InChI=1S/C7H4I4O.C5I5.Fe/c1-2(12)3-4(8)6(10)7(11)5(3)9;6-1-2(7)4(9)5(10)3(1)8;/h12H,1H3;;/q;-1;+2/p-1. The fraction of sp³-hybridized carbons (Fsp3) is 0.0833. The van der Waals surface area contributed by atoms with Gasteiger partial charge in [0.15, 0.2) is 0 Å². The first-order valence-corrected chi connectivity index (χ1v) is 14.9. The van der Waals surface area contributed by atoms with Crippen molar-refractivity contribution < 1.29 is 22.2 Å². The molecule has 0 spiro atoms. The molecule has 1 aliphatic carbocycles. The van der Waals surface area contributed by atoms with E-state index in [4.69, 9.17) is 0 Å². The van der Waals surface area contributed by atoms with Gasteiger partial charge in [-0.3, -0.25) is 0 Å². The first-order chi connectivity index (χ1) is 10.0. The van der Waals surface area contributed by atoms with Gasteiger partial charge in [-0.2, -0.15) is 0 Å². The van der Waals surface area contributed by atoms with Gasteiger partial charge in [-0.05, 0) is 95.9 Å². The second kappa shape index (κ2) is 13.0. The van der Waals surface area contributed by atoms with Gasteiger partial charge in [0.05, 0.1) is 0 Å². The van der Waals surface area contributed by atoms with E-state index in [2.05, 4.69) is 203 Å². The number of rotatable bonds is 0. The zero-order valence-electron chi connectivity index (χ0n) is 10.7. The summed E-state index contributed by atoms with van der Waals surface area (Å²) < 4.78 is 11.6. The van der Waals surface area contributed by atoms with Crippen LogP contribution in [0.1, 0.15) is 6.92 Å². The zero-order chi connectivity index (χ0) is 17.4. The molecule has 0 saturated heterocycles. The van der Waals surface area contributed by atoms with Crippen molar-refractivity contribution in [2.45, 2.75) is 6.92 Å². The molecule has 0 unspecified atom stereocenters. The minimum absolute atomic E-state index is 0. The molecule has 0 radical (unpaired) electrons. The second-order valence-electron chi connectivity index (χ2n) is 3.76. The van der Waals surface area contributed by atoms with E-state index in [0.29, 0.717) is 0 Å². The molecule has 23 heavy (non-hydrogen) atoms. The SMILES string of the molecule is CC([O-])=C1C(I)=C(I)C(I)=C1I.Ic1c(I)c(I)[c-](I)c1I.[Fe+2]. The summed E-state index contributed by atoms with van der Waals surface area (Å²) in [6.07, 6.45) is 0. The van der Waals surface area contributed by atoms with E-state index in [0.717, 1.165) is 12.7 Å². The van der Waals surface area contributed by atoms with Crippen molar-refractivity contribution in [2.24, 2.45) is 0 Å². The van der Waals surface area contributed by atoms with E-state index in [1.165, 1.54) is 25.0 Å². The number of allylic oxidation sites excluding steroid dienone is 6. The first kappa shape index (κ1) is 28.5. The Morgan fingerprint density at radius 3 is 1.17 bits per heavy atom. The fourth-order valence-electron chi connectivity index (χ4n) is 1.30. The molecule has 128 valence electrons. The molecule has 0 saturated carbocycles. The third-order valence-electron chi connectivity index (χ3n) is 2.33. The van der Waals surface area contributed by atoms with Gasteiger partial charge >= 0.3 is 17.1 Å². The molecule has 0 amide bonds. The Labute approximate surface area is 269 Å². The minimum Gasteiger partial charge on any atom is -0.875 e. The number of hydrogen-bond donors (Lipinski definition) is 0. The Morgan fingerprint density at radius 1 is 0.739 bits per heavy atom. The molecule has 0 aromatic heterocycles. The molecule has 0 N–H and O–H groups in total. The van der Waals surface area contributed by atoms with Crippen LogP contribution in [0, 0.1) is 17.9 Å². The Bertz CT molecular complexity index is 604. The minimum atomic E-state index is 0. The summed E-state index contributed by atoms with van der Waals surface area (Å²) in [6.45, 7) is 1.62. The Hall–Kier alpha value is 5.46. The van der Waals surface area contributed by atoms with Crippen LogP contribution in [0.15, 0.2) is 25.7 Å². The molecular formula is C12H3FeI9O. The molecule has 0 fully saturated rings. The van der Waals surface area contributed by atoms with Gasteiger partial charge in [-0.25, -0.2) is 0 Å². The summed E-state index contributed by atoms with van der Waals surface area (Å²) in [5.41, 5.74) is 0.880. The average Bonchev–Trinajstić information content (AvgIpc) is 2.76. The Balaban J connectivity index is 0.000000409. The third-order valence-corrected chi connectivity index (χ3v) is 20.3. The van der Waals surface area contributed by atoms with Crippen LogP contribution in [0.4, 0.5) is 0 Å². The molecule has 11 heteroatoms. The van der Waals surface area contributed by atoms with Crippen LogP contribution >= 0.6 is 203 Å². The molecule has 1 nitrogen and oxygen atoms in total. The van der Waals surface area contributed by atoms with Crippen molar-refractivity contribution in [1.82, 2.24) is 0 Å². The maximum Gasteiger partial charge on any atom is 2.00 e. The quantitative estimate of drug-likeness (QED) is 0.111. The van der Waals surface area contributed by atoms with E-state index in [1.807, 2.05) is 0 Å². The summed E-state index contributed by atoms with van der Waals surface area (Å²) >= 11 is 21.0. The molecule has 0 bridgehead atoms. The van der Waals surface area contributed by atoms with E-state index in [9.17, 15) is 5.11 Å². The van der Waals surface area contributed by atoms with Crippen molar-refractivity contribution in [3.05, 3.63) is 43.5 Å². The predicted octanol–water partition coefficient (Wildman–Crippen LogP) is 8.22. The third kappa shape index (κ3) is 7.28. The van der Waals surface area contributed by atoms with Crippen molar-refractivity contribution in [1.29, 1.82) is 0 Å². The van der Waals surface area contributed by atoms with Crippen molar-refractivity contribution in [2.75, 3.05) is 0 Å². The van der Waals surface area contributed by atoms with Gasteiger partial charge in [0, 0.05) is 14.3 Å². The van der Waals surface area contributed by atoms with Crippen LogP contribution in [-0.4, -0.2) is 0 Å². The van der Waals surface area contributed by atoms with E-state index in [-0.39, 0.29) is 22.8 Å². The van der Waals surface area contributed by atoms with Crippen molar-refractivity contribution in [3.63, 3.8) is 0 Å². The topological polar surface area (TPSA) is 23.1 Å². The summed E-state index contributed by atoms with van der Waals surface area (Å²) in [5.74, 6) is 0.157. The van der Waals surface area contributed by atoms with Crippen LogP contribution < -0.4 is 5.11 Å². The largest absolute Gasteiger partial charge is 2.00 e. The summed E-state index contributed by atoms with van der Waals surface area (Å²) in [4.78, 5) is 0. The molecule has 0 aliphatic heterocycles. The van der Waals surface area contributed by atoms with Gasteiger partial charge in [-0.15, -0.1) is 80.7 Å². The van der Waals surface area contributed by atoms with Gasteiger partial charge in [-0.1, -0.05) is 62.8 Å². The molecule has 2 rings (SSSR count). The Kier molecular flexibility index (Phi) is 16.1. The molecule has 0 atom stereocenters. The smallest absolute Gasteiger partial charge is 0.875 e. The Morgan fingerprint density at radius 2 is 1.04 bits per heavy atom. The van der Waals surface area contributed by atoms with Gasteiger partial charge < -0.3 is 5.11 Å². The van der Waals surface area contributed by atoms with Crippen LogP contribution in [-0.2, 0) is 17.1 Å².